The zero-order chi connectivity index (χ0) is 21.1. The van der Waals surface area contributed by atoms with Gasteiger partial charge < -0.3 is 20.1 Å². The van der Waals surface area contributed by atoms with Crippen molar-refractivity contribution in [1.29, 1.82) is 0 Å². The molecule has 9 nitrogen and oxygen atoms in total. The second kappa shape index (κ2) is 8.36. The predicted octanol–water partition coefficient (Wildman–Crippen LogP) is 2.67. The van der Waals surface area contributed by atoms with Gasteiger partial charge >= 0.3 is 6.09 Å². The monoisotopic (exact) mass is 413 g/mol. The number of aldehydes is 1. The van der Waals surface area contributed by atoms with Crippen molar-refractivity contribution < 1.29 is 23.8 Å². The number of nitrogens with one attached hydrogen (secondary N) is 1. The molecule has 30 heavy (non-hydrogen) atoms. The molecule has 3 heterocycles. The number of benzene rings is 1. The van der Waals surface area contributed by atoms with Gasteiger partial charge in [-0.05, 0) is 37.1 Å². The molecule has 1 aliphatic heterocycles. The van der Waals surface area contributed by atoms with Gasteiger partial charge in [-0.2, -0.15) is 5.10 Å². The van der Waals surface area contributed by atoms with E-state index >= 15 is 0 Å². The zero-order valence-corrected chi connectivity index (χ0v) is 16.0. The average molecular weight is 413 g/mol. The summed E-state index contributed by atoms with van der Waals surface area (Å²) >= 11 is 0. The van der Waals surface area contributed by atoms with Crippen LogP contribution >= 0.6 is 0 Å². The van der Waals surface area contributed by atoms with Crippen LogP contribution in [-0.4, -0.2) is 51.8 Å². The Morgan fingerprint density at radius 3 is 3.07 bits per heavy atom. The van der Waals surface area contributed by atoms with Crippen molar-refractivity contribution in [1.82, 2.24) is 19.9 Å². The minimum absolute atomic E-state index is 0.119. The first-order valence-corrected chi connectivity index (χ1v) is 9.52. The van der Waals surface area contributed by atoms with Crippen LogP contribution in [0, 0.1) is 5.82 Å². The molecule has 1 unspecified atom stereocenters. The smallest absolute Gasteiger partial charge is 0.404 e. The van der Waals surface area contributed by atoms with Crippen LogP contribution in [0.15, 0.2) is 36.7 Å². The van der Waals surface area contributed by atoms with Crippen molar-refractivity contribution >= 4 is 23.8 Å². The summed E-state index contributed by atoms with van der Waals surface area (Å²) in [5.74, 6) is 0.783. The number of rotatable bonds is 7. The van der Waals surface area contributed by atoms with E-state index in [1.807, 2.05) is 6.07 Å². The molecule has 0 bridgehead atoms. The molecule has 2 N–H and O–H groups in total. The quantitative estimate of drug-likeness (QED) is 0.453. The number of halogens is 1. The van der Waals surface area contributed by atoms with Crippen molar-refractivity contribution in [2.24, 2.45) is 0 Å². The molecule has 3 aromatic rings. The molecular weight excluding hydrogens is 393 g/mol. The van der Waals surface area contributed by atoms with Crippen molar-refractivity contribution in [2.45, 2.75) is 18.9 Å². The third-order valence-electron chi connectivity index (χ3n) is 5.02. The van der Waals surface area contributed by atoms with Gasteiger partial charge in [-0.25, -0.2) is 18.7 Å². The molecule has 1 aliphatic rings. The van der Waals surface area contributed by atoms with E-state index in [2.05, 4.69) is 20.3 Å². The van der Waals surface area contributed by atoms with Crippen molar-refractivity contribution in [3.8, 4) is 5.75 Å². The van der Waals surface area contributed by atoms with Gasteiger partial charge in [0, 0.05) is 18.3 Å². The first-order chi connectivity index (χ1) is 14.6. The van der Waals surface area contributed by atoms with Crippen LogP contribution in [0.3, 0.4) is 0 Å². The lowest BCUT2D eigenvalue weighted by Gasteiger charge is -2.27. The van der Waals surface area contributed by atoms with Crippen LogP contribution in [0.5, 0.6) is 5.75 Å². The number of hydrogen-bond acceptors (Lipinski definition) is 6. The molecule has 0 radical (unpaired) electrons. The minimum atomic E-state index is -1.13. The molecule has 1 saturated heterocycles. The summed E-state index contributed by atoms with van der Waals surface area (Å²) in [7, 11) is 0. The summed E-state index contributed by atoms with van der Waals surface area (Å²) in [6.07, 6.45) is 4.44. The maximum Gasteiger partial charge on any atom is 0.404 e. The lowest BCUT2D eigenvalue weighted by molar-refractivity contribution is 0.112. The van der Waals surface area contributed by atoms with E-state index < -0.39 is 6.09 Å². The number of aromatic nitrogens is 3. The van der Waals surface area contributed by atoms with Crippen LogP contribution in [0.25, 0.3) is 5.65 Å². The van der Waals surface area contributed by atoms with Gasteiger partial charge in [0.05, 0.1) is 24.3 Å². The van der Waals surface area contributed by atoms with Gasteiger partial charge in [0.25, 0.3) is 0 Å². The van der Waals surface area contributed by atoms with Crippen molar-refractivity contribution in [3.05, 3.63) is 53.6 Å². The number of amides is 1. The maximum atomic E-state index is 14.1. The summed E-state index contributed by atoms with van der Waals surface area (Å²) in [5.41, 5.74) is 1.53. The number of carbonyl (C=O) groups excluding carboxylic acids is 1. The number of nitrogens with zero attached hydrogens (tertiary/aromatic N) is 4. The van der Waals surface area contributed by atoms with Gasteiger partial charge in [0.2, 0.25) is 0 Å². The van der Waals surface area contributed by atoms with E-state index in [1.54, 1.807) is 12.3 Å². The first kappa shape index (κ1) is 19.6. The molecule has 0 saturated carbocycles. The molecule has 4 rings (SSSR count). The fraction of sp³-hybridized carbons (Fsp3) is 0.300. The highest BCUT2D eigenvalue weighted by atomic mass is 19.1. The Bertz CT molecular complexity index is 1090. The Labute approximate surface area is 171 Å². The Morgan fingerprint density at radius 1 is 1.40 bits per heavy atom. The number of fused-ring (bicyclic) bond motifs is 1. The van der Waals surface area contributed by atoms with Gasteiger partial charge in [-0.3, -0.25) is 4.79 Å². The summed E-state index contributed by atoms with van der Waals surface area (Å²) in [5, 5.41) is 15.0. The summed E-state index contributed by atoms with van der Waals surface area (Å²) in [4.78, 5) is 28.5. The number of carboxylic acid groups (broad SMARTS) is 1. The Hall–Kier alpha value is -3.69. The molecule has 156 valence electrons. The van der Waals surface area contributed by atoms with Gasteiger partial charge in [-0.1, -0.05) is 0 Å². The molecule has 0 spiro atoms. The summed E-state index contributed by atoms with van der Waals surface area (Å²) in [6, 6.07) is 5.96. The van der Waals surface area contributed by atoms with Crippen LogP contribution in [0.2, 0.25) is 0 Å². The normalized spacial score (nSPS) is 16.0. The molecule has 1 aromatic carbocycles. The van der Waals surface area contributed by atoms with Gasteiger partial charge in [-0.15, -0.1) is 0 Å². The Kier molecular flexibility index (Phi) is 5.46. The topological polar surface area (TPSA) is 109 Å². The standard InChI is InChI=1S/C20H20FN5O4/c21-14-3-4-17(30-9-6-22-20(28)29)15(10-14)16-2-1-7-25(16)18-5-8-26-19(24-18)13(12-27)11-23-26/h3-5,8,10-12,16,22H,1-2,6-7,9H2,(H,28,29). The van der Waals surface area contributed by atoms with Crippen LogP contribution in [0.1, 0.15) is 34.8 Å². The molecule has 1 amide bonds. The first-order valence-electron chi connectivity index (χ1n) is 9.52. The Balaban J connectivity index is 1.62. The SMILES string of the molecule is O=Cc1cnn2ccc(N3CCCC3c3cc(F)ccc3OCCNC(=O)O)nc12. The fourth-order valence-electron chi connectivity index (χ4n) is 3.71. The van der Waals surface area contributed by atoms with Crippen LogP contribution in [-0.2, 0) is 0 Å². The van der Waals surface area contributed by atoms with Gasteiger partial charge in [0.1, 0.15) is 24.0 Å². The molecule has 2 aromatic heterocycles. The van der Waals surface area contributed by atoms with Crippen molar-refractivity contribution in [3.63, 3.8) is 0 Å². The number of carbonyl (C=O) groups is 2. The second-order valence-corrected chi connectivity index (χ2v) is 6.89. The Morgan fingerprint density at radius 2 is 2.27 bits per heavy atom. The third kappa shape index (κ3) is 3.88. The third-order valence-corrected chi connectivity index (χ3v) is 5.02. The van der Waals surface area contributed by atoms with E-state index in [0.717, 1.165) is 19.4 Å². The van der Waals surface area contributed by atoms with E-state index in [9.17, 15) is 14.0 Å². The van der Waals surface area contributed by atoms with Crippen LogP contribution < -0.4 is 15.0 Å². The lowest BCUT2D eigenvalue weighted by atomic mass is 10.0. The van der Waals surface area contributed by atoms with E-state index in [4.69, 9.17) is 9.84 Å². The molecular formula is C20H20FN5O4. The van der Waals surface area contributed by atoms with Gasteiger partial charge in [0.15, 0.2) is 11.9 Å². The summed E-state index contributed by atoms with van der Waals surface area (Å²) in [6.45, 7) is 0.962. The molecule has 0 aliphatic carbocycles. The number of ether oxygens (including phenoxy) is 1. The minimum Gasteiger partial charge on any atom is -0.491 e. The van der Waals surface area contributed by atoms with E-state index in [0.29, 0.717) is 34.6 Å². The number of hydrogen-bond donors (Lipinski definition) is 2. The largest absolute Gasteiger partial charge is 0.491 e. The van der Waals surface area contributed by atoms with Crippen molar-refractivity contribution in [2.75, 3.05) is 24.6 Å². The molecule has 1 fully saturated rings. The molecule has 10 heteroatoms. The van der Waals surface area contributed by atoms with E-state index in [-0.39, 0.29) is 25.0 Å². The van der Waals surface area contributed by atoms with E-state index in [1.165, 1.54) is 22.8 Å². The highest BCUT2D eigenvalue weighted by Crippen LogP contribution is 2.39. The fourth-order valence-corrected chi connectivity index (χ4v) is 3.71. The highest BCUT2D eigenvalue weighted by Gasteiger charge is 2.30. The lowest BCUT2D eigenvalue weighted by Crippen LogP contribution is -2.27. The average Bonchev–Trinajstić information content (AvgIpc) is 3.38. The predicted molar refractivity (Wildman–Crippen MR) is 106 cm³/mol. The second-order valence-electron chi connectivity index (χ2n) is 6.89. The molecule has 1 atom stereocenters. The highest BCUT2D eigenvalue weighted by molar-refractivity contribution is 5.84. The maximum absolute atomic E-state index is 14.1. The summed E-state index contributed by atoms with van der Waals surface area (Å²) < 4.78 is 21.3. The number of anilines is 1. The van der Waals surface area contributed by atoms with Crippen LogP contribution in [0.4, 0.5) is 15.0 Å². The zero-order valence-electron chi connectivity index (χ0n) is 16.0.